The molecule has 0 aliphatic heterocycles. The van der Waals surface area contributed by atoms with Crippen LogP contribution >= 0.6 is 0 Å². The monoisotopic (exact) mass is 214 g/mol. The van der Waals surface area contributed by atoms with E-state index in [0.29, 0.717) is 5.92 Å². The van der Waals surface area contributed by atoms with E-state index < -0.39 is 0 Å². The number of hydrogen-bond donors (Lipinski definition) is 0. The molecule has 0 heterocycles. The van der Waals surface area contributed by atoms with Gasteiger partial charge in [0, 0.05) is 0 Å². The van der Waals surface area contributed by atoms with Gasteiger partial charge in [0.15, 0.2) is 0 Å². The Morgan fingerprint density at radius 3 is 1.88 bits per heavy atom. The highest BCUT2D eigenvalue weighted by Crippen LogP contribution is 2.24. The van der Waals surface area contributed by atoms with Crippen molar-refractivity contribution in [2.45, 2.75) is 40.5 Å². The van der Waals surface area contributed by atoms with Gasteiger partial charge < -0.3 is 0 Å². The molecule has 0 fully saturated rings. The van der Waals surface area contributed by atoms with Crippen LogP contribution in [0, 0.1) is 6.92 Å². The van der Waals surface area contributed by atoms with Gasteiger partial charge in [0.1, 0.15) is 0 Å². The molecular weight excluding hydrogens is 192 g/mol. The van der Waals surface area contributed by atoms with Crippen molar-refractivity contribution in [1.82, 2.24) is 0 Å². The molecule has 0 saturated heterocycles. The van der Waals surface area contributed by atoms with E-state index in [2.05, 4.69) is 57.2 Å². The van der Waals surface area contributed by atoms with Gasteiger partial charge in [-0.2, -0.15) is 0 Å². The summed E-state index contributed by atoms with van der Waals surface area (Å²) in [4.78, 5) is 0. The van der Waals surface area contributed by atoms with E-state index in [0.717, 1.165) is 0 Å². The van der Waals surface area contributed by atoms with Gasteiger partial charge in [0.05, 0.1) is 0 Å². The van der Waals surface area contributed by atoms with Crippen LogP contribution in [0.4, 0.5) is 0 Å². The van der Waals surface area contributed by atoms with Gasteiger partial charge in [0.25, 0.3) is 0 Å². The first-order valence-corrected chi connectivity index (χ1v) is 6.18. The Labute approximate surface area is 99.3 Å². The first-order valence-electron chi connectivity index (χ1n) is 6.18. The normalized spacial score (nSPS) is 10.1. The molecule has 0 spiro atoms. The zero-order valence-electron chi connectivity index (χ0n) is 11.0. The van der Waals surface area contributed by atoms with Crippen LogP contribution in [0.2, 0.25) is 0 Å². The summed E-state index contributed by atoms with van der Waals surface area (Å²) < 4.78 is 0. The predicted molar refractivity (Wildman–Crippen MR) is 74.1 cm³/mol. The molecule has 2 aromatic rings. The predicted octanol–water partition coefficient (Wildman–Crippen LogP) is 5.30. The molecule has 0 aromatic heterocycles. The molecule has 0 unspecified atom stereocenters. The number of fused-ring (bicyclic) bond motifs is 1. The Balaban J connectivity index is 0.000000606. The first-order chi connectivity index (χ1) is 7.68. The summed E-state index contributed by atoms with van der Waals surface area (Å²) >= 11 is 0. The fourth-order valence-corrected chi connectivity index (χ4v) is 1.99. The van der Waals surface area contributed by atoms with E-state index in [4.69, 9.17) is 0 Å². The maximum Gasteiger partial charge on any atom is -0.0181 e. The standard InChI is InChI=1S/C14H16.C2H6/c1-10(2)14-9-13-7-5-4-6-12(13)8-11(14)3;1-2/h4-10H,1-3H3;1-2H3. The van der Waals surface area contributed by atoms with Gasteiger partial charge in [-0.05, 0) is 34.7 Å². The van der Waals surface area contributed by atoms with Crippen LogP contribution in [0.5, 0.6) is 0 Å². The van der Waals surface area contributed by atoms with Crippen molar-refractivity contribution >= 4 is 10.8 Å². The summed E-state index contributed by atoms with van der Waals surface area (Å²) in [5.41, 5.74) is 2.86. The summed E-state index contributed by atoms with van der Waals surface area (Å²) in [6.45, 7) is 10.7. The topological polar surface area (TPSA) is 0 Å². The van der Waals surface area contributed by atoms with Gasteiger partial charge >= 0.3 is 0 Å². The lowest BCUT2D eigenvalue weighted by molar-refractivity contribution is 0.859. The Kier molecular flexibility index (Phi) is 4.54. The highest BCUT2D eigenvalue weighted by atomic mass is 14.1. The minimum atomic E-state index is 0.611. The van der Waals surface area contributed by atoms with E-state index in [9.17, 15) is 0 Å². The molecule has 0 N–H and O–H groups in total. The zero-order valence-corrected chi connectivity index (χ0v) is 11.0. The fourth-order valence-electron chi connectivity index (χ4n) is 1.99. The molecule has 0 bridgehead atoms. The molecule has 2 aromatic carbocycles. The van der Waals surface area contributed by atoms with Crippen molar-refractivity contribution in [3.8, 4) is 0 Å². The van der Waals surface area contributed by atoms with Crippen LogP contribution < -0.4 is 0 Å². The lowest BCUT2D eigenvalue weighted by Crippen LogP contribution is -1.91. The van der Waals surface area contributed by atoms with E-state index in [1.165, 1.54) is 21.9 Å². The molecule has 0 aliphatic rings. The van der Waals surface area contributed by atoms with Gasteiger partial charge in [-0.1, -0.05) is 64.1 Å². The molecular formula is C16H22. The number of aryl methyl sites for hydroxylation is 1. The molecule has 86 valence electrons. The van der Waals surface area contributed by atoms with Gasteiger partial charge in [-0.3, -0.25) is 0 Å². The average molecular weight is 214 g/mol. The average Bonchev–Trinajstić information content (AvgIpc) is 2.30. The van der Waals surface area contributed by atoms with Crippen LogP contribution in [-0.4, -0.2) is 0 Å². The number of hydrogen-bond acceptors (Lipinski definition) is 0. The van der Waals surface area contributed by atoms with Crippen molar-refractivity contribution in [2.75, 3.05) is 0 Å². The largest absolute Gasteiger partial charge is 0.0683 e. The lowest BCUT2D eigenvalue weighted by Gasteiger charge is -2.11. The van der Waals surface area contributed by atoms with E-state index in [1.807, 2.05) is 13.8 Å². The molecule has 16 heavy (non-hydrogen) atoms. The molecule has 0 nitrogen and oxygen atoms in total. The van der Waals surface area contributed by atoms with Crippen molar-refractivity contribution in [1.29, 1.82) is 0 Å². The Hall–Kier alpha value is -1.30. The van der Waals surface area contributed by atoms with Gasteiger partial charge in [0.2, 0.25) is 0 Å². The van der Waals surface area contributed by atoms with Crippen molar-refractivity contribution < 1.29 is 0 Å². The minimum absolute atomic E-state index is 0.611. The summed E-state index contributed by atoms with van der Waals surface area (Å²) in [7, 11) is 0. The quantitative estimate of drug-likeness (QED) is 0.604. The second-order valence-corrected chi connectivity index (χ2v) is 4.21. The van der Waals surface area contributed by atoms with Crippen LogP contribution in [0.15, 0.2) is 36.4 Å². The summed E-state index contributed by atoms with van der Waals surface area (Å²) in [6.07, 6.45) is 0. The lowest BCUT2D eigenvalue weighted by atomic mass is 9.94. The molecule has 0 aliphatic carbocycles. The van der Waals surface area contributed by atoms with Gasteiger partial charge in [-0.15, -0.1) is 0 Å². The van der Waals surface area contributed by atoms with Crippen molar-refractivity contribution in [3.63, 3.8) is 0 Å². The third-order valence-corrected chi connectivity index (χ3v) is 2.76. The molecule has 0 radical (unpaired) electrons. The molecule has 0 amide bonds. The summed E-state index contributed by atoms with van der Waals surface area (Å²) in [5.74, 6) is 0.611. The van der Waals surface area contributed by atoms with E-state index in [-0.39, 0.29) is 0 Å². The maximum absolute atomic E-state index is 2.31. The second-order valence-electron chi connectivity index (χ2n) is 4.21. The van der Waals surface area contributed by atoms with Crippen molar-refractivity contribution in [3.05, 3.63) is 47.5 Å². The number of benzene rings is 2. The highest BCUT2D eigenvalue weighted by Gasteiger charge is 2.04. The van der Waals surface area contributed by atoms with Crippen LogP contribution in [-0.2, 0) is 0 Å². The Morgan fingerprint density at radius 2 is 1.38 bits per heavy atom. The SMILES string of the molecule is CC.Cc1cc2ccccc2cc1C(C)C. The Morgan fingerprint density at radius 1 is 0.875 bits per heavy atom. The van der Waals surface area contributed by atoms with E-state index in [1.54, 1.807) is 0 Å². The third kappa shape index (κ3) is 2.63. The van der Waals surface area contributed by atoms with Crippen LogP contribution in [0.3, 0.4) is 0 Å². The Bertz CT molecular complexity index is 453. The summed E-state index contributed by atoms with van der Waals surface area (Å²) in [6, 6.07) is 13.1. The molecule has 2 rings (SSSR count). The summed E-state index contributed by atoms with van der Waals surface area (Å²) in [5, 5.41) is 2.69. The zero-order chi connectivity index (χ0) is 12.1. The van der Waals surface area contributed by atoms with Crippen LogP contribution in [0.1, 0.15) is 44.7 Å². The second kappa shape index (κ2) is 5.69. The van der Waals surface area contributed by atoms with Gasteiger partial charge in [-0.25, -0.2) is 0 Å². The minimum Gasteiger partial charge on any atom is -0.0683 e. The maximum atomic E-state index is 2.31. The molecule has 0 saturated carbocycles. The number of rotatable bonds is 1. The first kappa shape index (κ1) is 12.8. The van der Waals surface area contributed by atoms with Crippen molar-refractivity contribution in [2.24, 2.45) is 0 Å². The van der Waals surface area contributed by atoms with E-state index >= 15 is 0 Å². The molecule has 0 atom stereocenters. The van der Waals surface area contributed by atoms with Crippen LogP contribution in [0.25, 0.3) is 10.8 Å². The smallest absolute Gasteiger partial charge is 0.0181 e. The highest BCUT2D eigenvalue weighted by molar-refractivity contribution is 5.84. The molecule has 0 heteroatoms. The fraction of sp³-hybridized carbons (Fsp3) is 0.375. The third-order valence-electron chi connectivity index (χ3n) is 2.76.